The van der Waals surface area contributed by atoms with Crippen LogP contribution >= 0.6 is 0 Å². The molecule has 0 radical (unpaired) electrons. The number of aromatic nitrogens is 2. The van der Waals surface area contributed by atoms with Gasteiger partial charge in [-0.1, -0.05) is 24.3 Å². The summed E-state index contributed by atoms with van der Waals surface area (Å²) in [5.41, 5.74) is 2.28. The lowest BCUT2D eigenvalue weighted by molar-refractivity contribution is -0.116. The highest BCUT2D eigenvalue weighted by atomic mass is 16.2. The van der Waals surface area contributed by atoms with Crippen molar-refractivity contribution >= 4 is 28.4 Å². The second-order valence-corrected chi connectivity index (χ2v) is 5.60. The molecule has 0 aliphatic carbocycles. The zero-order valence-electron chi connectivity index (χ0n) is 13.4. The van der Waals surface area contributed by atoms with Gasteiger partial charge in [-0.05, 0) is 31.2 Å². The van der Waals surface area contributed by atoms with Crippen molar-refractivity contribution in [2.45, 2.75) is 13.5 Å². The maximum absolute atomic E-state index is 12.3. The number of imidazole rings is 1. The minimum absolute atomic E-state index is 0.0728. The maximum atomic E-state index is 12.3. The number of anilines is 1. The lowest BCUT2D eigenvalue weighted by atomic mass is 10.1. The van der Waals surface area contributed by atoms with E-state index in [2.05, 4.69) is 5.32 Å². The van der Waals surface area contributed by atoms with Gasteiger partial charge in [-0.25, -0.2) is 4.79 Å². The fourth-order valence-corrected chi connectivity index (χ4v) is 2.68. The van der Waals surface area contributed by atoms with Gasteiger partial charge in [-0.3, -0.25) is 18.7 Å². The van der Waals surface area contributed by atoms with Crippen LogP contribution in [0.2, 0.25) is 0 Å². The Hall–Kier alpha value is -3.15. The summed E-state index contributed by atoms with van der Waals surface area (Å²) in [7, 11) is 1.68. The van der Waals surface area contributed by atoms with Crippen LogP contribution in [0.25, 0.3) is 11.0 Å². The molecular weight excluding hydrogens is 306 g/mol. The Morgan fingerprint density at radius 1 is 1.04 bits per heavy atom. The van der Waals surface area contributed by atoms with Crippen LogP contribution in [-0.2, 0) is 18.4 Å². The van der Waals surface area contributed by atoms with E-state index >= 15 is 0 Å². The predicted molar refractivity (Wildman–Crippen MR) is 92.3 cm³/mol. The summed E-state index contributed by atoms with van der Waals surface area (Å²) in [6.07, 6.45) is 0. The van der Waals surface area contributed by atoms with E-state index in [4.69, 9.17) is 0 Å². The molecule has 2 aromatic carbocycles. The number of nitrogens with zero attached hydrogens (tertiary/aromatic N) is 2. The fraction of sp³-hybridized carbons (Fsp3) is 0.167. The first-order valence-corrected chi connectivity index (χ1v) is 7.52. The van der Waals surface area contributed by atoms with Crippen molar-refractivity contribution in [2.75, 3.05) is 5.32 Å². The highest BCUT2D eigenvalue weighted by Crippen LogP contribution is 2.13. The van der Waals surface area contributed by atoms with Crippen LogP contribution in [0.5, 0.6) is 0 Å². The Morgan fingerprint density at radius 2 is 1.75 bits per heavy atom. The molecule has 0 spiro atoms. The lowest BCUT2D eigenvalue weighted by Crippen LogP contribution is -2.28. The number of Topliss-reactive ketones (excluding diaryl/α,β-unsaturated/α-hetero) is 1. The van der Waals surface area contributed by atoms with Crippen LogP contribution in [0.4, 0.5) is 5.69 Å². The molecule has 0 aliphatic heterocycles. The molecule has 1 N–H and O–H groups in total. The summed E-state index contributed by atoms with van der Waals surface area (Å²) in [6.45, 7) is 1.38. The number of carbonyl (C=O) groups excluding carboxylic acids is 2. The molecular formula is C18H17N3O3. The molecule has 0 saturated heterocycles. The van der Waals surface area contributed by atoms with Crippen LogP contribution in [0, 0.1) is 0 Å². The van der Waals surface area contributed by atoms with Crippen molar-refractivity contribution in [1.29, 1.82) is 0 Å². The first-order chi connectivity index (χ1) is 11.5. The number of nitrogens with one attached hydrogen (secondary N) is 1. The third-order valence-corrected chi connectivity index (χ3v) is 3.91. The molecule has 24 heavy (non-hydrogen) atoms. The Labute approximate surface area is 138 Å². The summed E-state index contributed by atoms with van der Waals surface area (Å²) in [5, 5.41) is 2.73. The SMILES string of the molecule is CC(=O)c1cccc(NC(=O)Cn2c(=O)n(C)c3ccccc32)c1. The number of ketones is 1. The Morgan fingerprint density at radius 3 is 2.46 bits per heavy atom. The van der Waals surface area contributed by atoms with E-state index in [1.807, 2.05) is 18.2 Å². The molecule has 0 aliphatic rings. The van der Waals surface area contributed by atoms with E-state index in [0.717, 1.165) is 5.52 Å². The van der Waals surface area contributed by atoms with Crippen molar-refractivity contribution in [3.63, 3.8) is 0 Å². The number of aryl methyl sites for hydroxylation is 1. The first-order valence-electron chi connectivity index (χ1n) is 7.52. The van der Waals surface area contributed by atoms with E-state index in [0.29, 0.717) is 16.8 Å². The lowest BCUT2D eigenvalue weighted by Gasteiger charge is -2.07. The van der Waals surface area contributed by atoms with Crippen LogP contribution in [-0.4, -0.2) is 20.8 Å². The fourth-order valence-electron chi connectivity index (χ4n) is 2.68. The molecule has 0 atom stereocenters. The number of fused-ring (bicyclic) bond motifs is 1. The quantitative estimate of drug-likeness (QED) is 0.748. The third kappa shape index (κ3) is 2.86. The van der Waals surface area contributed by atoms with E-state index in [1.165, 1.54) is 16.1 Å². The van der Waals surface area contributed by atoms with Gasteiger partial charge >= 0.3 is 5.69 Å². The summed E-state index contributed by atoms with van der Waals surface area (Å²) >= 11 is 0. The number of benzene rings is 2. The van der Waals surface area contributed by atoms with Gasteiger partial charge < -0.3 is 5.32 Å². The van der Waals surface area contributed by atoms with Gasteiger partial charge in [-0.15, -0.1) is 0 Å². The molecule has 3 rings (SSSR count). The molecule has 1 heterocycles. The van der Waals surface area contributed by atoms with E-state index in [-0.39, 0.29) is 23.9 Å². The summed E-state index contributed by atoms with van der Waals surface area (Å²) in [5.74, 6) is -0.398. The van der Waals surface area contributed by atoms with Gasteiger partial charge in [0.05, 0.1) is 11.0 Å². The molecule has 1 amide bonds. The second kappa shape index (κ2) is 6.16. The monoisotopic (exact) mass is 323 g/mol. The Kier molecular flexibility index (Phi) is 4.04. The van der Waals surface area contributed by atoms with Gasteiger partial charge in [0.2, 0.25) is 5.91 Å². The maximum Gasteiger partial charge on any atom is 0.329 e. The van der Waals surface area contributed by atoms with Crippen molar-refractivity contribution in [2.24, 2.45) is 7.05 Å². The molecule has 6 heteroatoms. The van der Waals surface area contributed by atoms with E-state index in [1.54, 1.807) is 37.4 Å². The van der Waals surface area contributed by atoms with Crippen molar-refractivity contribution < 1.29 is 9.59 Å². The Balaban J connectivity index is 1.86. The van der Waals surface area contributed by atoms with Gasteiger partial charge in [0.15, 0.2) is 5.78 Å². The number of carbonyl (C=O) groups is 2. The molecule has 0 saturated carbocycles. The van der Waals surface area contributed by atoms with Crippen molar-refractivity contribution in [3.05, 3.63) is 64.6 Å². The van der Waals surface area contributed by atoms with Gasteiger partial charge in [0.1, 0.15) is 6.54 Å². The molecule has 1 aromatic heterocycles. The highest BCUT2D eigenvalue weighted by Gasteiger charge is 2.13. The summed E-state index contributed by atoms with van der Waals surface area (Å²) in [6, 6.07) is 14.0. The number of hydrogen-bond donors (Lipinski definition) is 1. The van der Waals surface area contributed by atoms with Gasteiger partial charge in [0.25, 0.3) is 0 Å². The smallest absolute Gasteiger partial charge is 0.325 e. The standard InChI is InChI=1S/C18H17N3O3/c1-12(22)13-6-5-7-14(10-13)19-17(23)11-21-16-9-4-3-8-15(16)20(2)18(21)24/h3-10H,11H2,1-2H3,(H,19,23). The summed E-state index contributed by atoms with van der Waals surface area (Å²) < 4.78 is 2.94. The van der Waals surface area contributed by atoms with Crippen LogP contribution < -0.4 is 11.0 Å². The highest BCUT2D eigenvalue weighted by molar-refractivity contribution is 5.97. The minimum Gasteiger partial charge on any atom is -0.325 e. The van der Waals surface area contributed by atoms with Crippen molar-refractivity contribution in [3.8, 4) is 0 Å². The van der Waals surface area contributed by atoms with Crippen LogP contribution in [0.15, 0.2) is 53.3 Å². The van der Waals surface area contributed by atoms with Crippen molar-refractivity contribution in [1.82, 2.24) is 9.13 Å². The molecule has 0 unspecified atom stereocenters. The zero-order chi connectivity index (χ0) is 17.3. The van der Waals surface area contributed by atoms with Gasteiger partial charge in [0, 0.05) is 18.3 Å². The van der Waals surface area contributed by atoms with E-state index in [9.17, 15) is 14.4 Å². The normalized spacial score (nSPS) is 10.8. The second-order valence-electron chi connectivity index (χ2n) is 5.60. The zero-order valence-corrected chi connectivity index (χ0v) is 13.4. The third-order valence-electron chi connectivity index (χ3n) is 3.91. The number of amides is 1. The molecule has 0 fully saturated rings. The molecule has 0 bridgehead atoms. The minimum atomic E-state index is -0.325. The predicted octanol–water partition coefficient (Wildman–Crippen LogP) is 2.18. The van der Waals surface area contributed by atoms with Gasteiger partial charge in [-0.2, -0.15) is 0 Å². The number of rotatable bonds is 4. The topological polar surface area (TPSA) is 73.1 Å². The number of hydrogen-bond acceptors (Lipinski definition) is 3. The average molecular weight is 323 g/mol. The summed E-state index contributed by atoms with van der Waals surface area (Å²) in [4.78, 5) is 36.0. The Bertz CT molecular complexity index is 998. The number of para-hydroxylation sites is 2. The van der Waals surface area contributed by atoms with E-state index < -0.39 is 0 Å². The first kappa shape index (κ1) is 15.7. The molecule has 6 nitrogen and oxygen atoms in total. The van der Waals surface area contributed by atoms with Crippen LogP contribution in [0.1, 0.15) is 17.3 Å². The average Bonchev–Trinajstić information content (AvgIpc) is 2.80. The molecule has 3 aromatic rings. The van der Waals surface area contributed by atoms with Crippen LogP contribution in [0.3, 0.4) is 0 Å². The largest absolute Gasteiger partial charge is 0.329 e. The molecule has 122 valence electrons.